The molecule has 0 saturated heterocycles. The Bertz CT molecular complexity index is 502. The van der Waals surface area contributed by atoms with Gasteiger partial charge in [-0.3, -0.25) is 0 Å². The Morgan fingerprint density at radius 3 is 2.67 bits per heavy atom. The second-order valence-electron chi connectivity index (χ2n) is 3.76. The van der Waals surface area contributed by atoms with Crippen LogP contribution in [-0.4, -0.2) is 11.5 Å². The van der Waals surface area contributed by atoms with E-state index in [2.05, 4.69) is 10.3 Å². The van der Waals surface area contributed by atoms with E-state index < -0.39 is 0 Å². The quantitative estimate of drug-likeness (QED) is 0.891. The lowest BCUT2D eigenvalue weighted by Crippen LogP contribution is -2.04. The first-order valence-corrected chi connectivity index (χ1v) is 6.24. The van der Waals surface area contributed by atoms with Gasteiger partial charge in [-0.05, 0) is 31.2 Å². The maximum Gasteiger partial charge on any atom is 0.132 e. The molecule has 94 valence electrons. The van der Waals surface area contributed by atoms with E-state index in [0.717, 1.165) is 23.8 Å². The molecule has 0 aliphatic carbocycles. The van der Waals surface area contributed by atoms with Crippen molar-refractivity contribution in [2.45, 2.75) is 13.5 Å². The number of rotatable bonds is 5. The molecule has 4 heteroatoms. The Hall–Kier alpha value is -1.74. The molecule has 2 rings (SSSR count). The first-order valence-electron chi connectivity index (χ1n) is 5.86. The third-order valence-corrected chi connectivity index (χ3v) is 2.74. The molecule has 0 radical (unpaired) electrons. The average molecular weight is 263 g/mol. The highest BCUT2D eigenvalue weighted by Crippen LogP contribution is 2.19. The number of nitrogens with one attached hydrogen (secondary N) is 1. The van der Waals surface area contributed by atoms with Crippen molar-refractivity contribution < 1.29 is 4.74 Å². The summed E-state index contributed by atoms with van der Waals surface area (Å²) >= 11 is 6.09. The molecule has 1 N–H and O–H groups in total. The number of aromatic nitrogens is 1. The Morgan fingerprint density at radius 2 is 1.94 bits per heavy atom. The highest BCUT2D eigenvalue weighted by atomic mass is 35.5. The second kappa shape index (κ2) is 6.26. The predicted octanol–water partition coefficient (Wildman–Crippen LogP) is 3.75. The Kier molecular flexibility index (Phi) is 4.42. The van der Waals surface area contributed by atoms with Gasteiger partial charge in [0, 0.05) is 6.54 Å². The maximum absolute atomic E-state index is 6.09. The van der Waals surface area contributed by atoms with Crippen molar-refractivity contribution in [2.24, 2.45) is 0 Å². The van der Waals surface area contributed by atoms with Crippen LogP contribution in [0.5, 0.6) is 5.75 Å². The molecule has 0 amide bonds. The van der Waals surface area contributed by atoms with Crippen molar-refractivity contribution in [1.82, 2.24) is 4.98 Å². The number of ether oxygens (including phenoxy) is 1. The first-order chi connectivity index (χ1) is 8.79. The highest BCUT2D eigenvalue weighted by molar-refractivity contribution is 6.31. The normalized spacial score (nSPS) is 10.1. The molecule has 0 spiro atoms. The summed E-state index contributed by atoms with van der Waals surface area (Å²) in [6.45, 7) is 3.21. The van der Waals surface area contributed by atoms with Gasteiger partial charge in [0.15, 0.2) is 0 Å². The van der Waals surface area contributed by atoms with Gasteiger partial charge in [0.2, 0.25) is 0 Å². The fourth-order valence-electron chi connectivity index (χ4n) is 1.53. The second-order valence-corrected chi connectivity index (χ2v) is 4.16. The molecular formula is C14H15ClN2O. The zero-order valence-electron chi connectivity index (χ0n) is 10.2. The summed E-state index contributed by atoms with van der Waals surface area (Å²) in [6.07, 6.45) is 0. The van der Waals surface area contributed by atoms with E-state index in [-0.39, 0.29) is 0 Å². The number of benzene rings is 1. The van der Waals surface area contributed by atoms with Gasteiger partial charge >= 0.3 is 0 Å². The van der Waals surface area contributed by atoms with Crippen molar-refractivity contribution in [3.8, 4) is 5.75 Å². The van der Waals surface area contributed by atoms with Gasteiger partial charge in [0.1, 0.15) is 18.2 Å². The number of hydrogen-bond acceptors (Lipinski definition) is 3. The molecule has 0 aliphatic heterocycles. The summed E-state index contributed by atoms with van der Waals surface area (Å²) in [6, 6.07) is 13.3. The summed E-state index contributed by atoms with van der Waals surface area (Å²) in [4.78, 5) is 4.41. The van der Waals surface area contributed by atoms with Gasteiger partial charge in [-0.2, -0.15) is 0 Å². The molecule has 1 aromatic heterocycles. The van der Waals surface area contributed by atoms with E-state index in [1.807, 2.05) is 49.4 Å². The van der Waals surface area contributed by atoms with E-state index in [1.54, 1.807) is 0 Å². The highest BCUT2D eigenvalue weighted by Gasteiger charge is 2.04. The van der Waals surface area contributed by atoms with Crippen LogP contribution in [0.2, 0.25) is 5.02 Å². The smallest absolute Gasteiger partial charge is 0.132 e. The van der Waals surface area contributed by atoms with Gasteiger partial charge in [-0.1, -0.05) is 29.8 Å². The van der Waals surface area contributed by atoms with Gasteiger partial charge in [0.25, 0.3) is 0 Å². The molecule has 0 fully saturated rings. The van der Waals surface area contributed by atoms with Crippen LogP contribution < -0.4 is 10.1 Å². The SMILES string of the molecule is CCNc1ccc(Cl)c(COc2ccccc2)n1. The zero-order valence-corrected chi connectivity index (χ0v) is 10.9. The zero-order chi connectivity index (χ0) is 12.8. The van der Waals surface area contributed by atoms with Crippen LogP contribution in [0.4, 0.5) is 5.82 Å². The average Bonchev–Trinajstić information content (AvgIpc) is 2.41. The van der Waals surface area contributed by atoms with Gasteiger partial charge < -0.3 is 10.1 Å². The number of hydrogen-bond donors (Lipinski definition) is 1. The molecule has 1 aromatic carbocycles. The van der Waals surface area contributed by atoms with Crippen LogP contribution in [0.1, 0.15) is 12.6 Å². The fraction of sp³-hybridized carbons (Fsp3) is 0.214. The molecule has 0 atom stereocenters. The van der Waals surface area contributed by atoms with Crippen LogP contribution in [0.15, 0.2) is 42.5 Å². The molecule has 1 heterocycles. The summed E-state index contributed by atoms with van der Waals surface area (Å²) in [5.74, 6) is 1.62. The van der Waals surface area contributed by atoms with Gasteiger partial charge in [-0.25, -0.2) is 4.98 Å². The third kappa shape index (κ3) is 3.37. The lowest BCUT2D eigenvalue weighted by Gasteiger charge is -2.09. The monoisotopic (exact) mass is 262 g/mol. The summed E-state index contributed by atoms with van der Waals surface area (Å²) in [5.41, 5.74) is 0.735. The lowest BCUT2D eigenvalue weighted by molar-refractivity contribution is 0.301. The minimum atomic E-state index is 0.363. The molecule has 0 saturated carbocycles. The number of para-hydroxylation sites is 1. The van der Waals surface area contributed by atoms with Crippen LogP contribution in [0, 0.1) is 0 Å². The lowest BCUT2D eigenvalue weighted by atomic mass is 10.3. The Morgan fingerprint density at radius 1 is 1.17 bits per heavy atom. The van der Waals surface area contributed by atoms with Gasteiger partial charge in [-0.15, -0.1) is 0 Å². The summed E-state index contributed by atoms with van der Waals surface area (Å²) < 4.78 is 5.63. The third-order valence-electron chi connectivity index (χ3n) is 2.40. The minimum Gasteiger partial charge on any atom is -0.487 e. The molecule has 0 aliphatic rings. The Labute approximate surface area is 112 Å². The number of halogens is 1. The van der Waals surface area contributed by atoms with Gasteiger partial charge in [0.05, 0.1) is 10.7 Å². The van der Waals surface area contributed by atoms with E-state index >= 15 is 0 Å². The standard InChI is InChI=1S/C14H15ClN2O/c1-2-16-14-9-8-12(15)13(17-14)10-18-11-6-4-3-5-7-11/h3-9H,2,10H2,1H3,(H,16,17). The summed E-state index contributed by atoms with van der Waals surface area (Å²) in [5, 5.41) is 3.77. The van der Waals surface area contributed by atoms with Crippen molar-refractivity contribution in [3.05, 3.63) is 53.2 Å². The van der Waals surface area contributed by atoms with E-state index in [4.69, 9.17) is 16.3 Å². The van der Waals surface area contributed by atoms with Crippen LogP contribution in [0.3, 0.4) is 0 Å². The molecule has 0 bridgehead atoms. The topological polar surface area (TPSA) is 34.1 Å². The van der Waals surface area contributed by atoms with E-state index in [0.29, 0.717) is 11.6 Å². The fourth-order valence-corrected chi connectivity index (χ4v) is 1.69. The Balaban J connectivity index is 2.06. The maximum atomic E-state index is 6.09. The number of pyridine rings is 1. The largest absolute Gasteiger partial charge is 0.487 e. The molecule has 2 aromatic rings. The number of nitrogens with zero attached hydrogens (tertiary/aromatic N) is 1. The summed E-state index contributed by atoms with van der Waals surface area (Å²) in [7, 11) is 0. The minimum absolute atomic E-state index is 0.363. The molecule has 3 nitrogen and oxygen atoms in total. The predicted molar refractivity (Wildman–Crippen MR) is 74.2 cm³/mol. The van der Waals surface area contributed by atoms with Crippen molar-refractivity contribution in [2.75, 3.05) is 11.9 Å². The van der Waals surface area contributed by atoms with E-state index in [9.17, 15) is 0 Å². The van der Waals surface area contributed by atoms with Crippen LogP contribution in [0.25, 0.3) is 0 Å². The number of anilines is 1. The van der Waals surface area contributed by atoms with Crippen molar-refractivity contribution in [3.63, 3.8) is 0 Å². The first kappa shape index (κ1) is 12.7. The molecular weight excluding hydrogens is 248 g/mol. The molecule has 0 unspecified atom stereocenters. The van der Waals surface area contributed by atoms with Crippen molar-refractivity contribution >= 4 is 17.4 Å². The van der Waals surface area contributed by atoms with Crippen molar-refractivity contribution in [1.29, 1.82) is 0 Å². The van der Waals surface area contributed by atoms with E-state index in [1.165, 1.54) is 0 Å². The van der Waals surface area contributed by atoms with Crippen LogP contribution in [-0.2, 0) is 6.61 Å². The molecule has 18 heavy (non-hydrogen) atoms. The van der Waals surface area contributed by atoms with Crippen LogP contribution >= 0.6 is 11.6 Å².